The molecule has 2 rings (SSSR count). The molecule has 0 aromatic heterocycles. The minimum absolute atomic E-state index is 0.182. The molecule has 20 heavy (non-hydrogen) atoms. The van der Waals surface area contributed by atoms with Crippen LogP contribution < -0.4 is 10.6 Å². The highest BCUT2D eigenvalue weighted by Gasteiger charge is 2.16. The highest BCUT2D eigenvalue weighted by Crippen LogP contribution is 2.18. The third-order valence-corrected chi connectivity index (χ3v) is 4.01. The fourth-order valence-corrected chi connectivity index (χ4v) is 2.90. The highest BCUT2D eigenvalue weighted by molar-refractivity contribution is 5.78. The molecule has 0 unspecified atom stereocenters. The molecule has 2 N–H and O–H groups in total. The van der Waals surface area contributed by atoms with Crippen LogP contribution in [0.15, 0.2) is 18.2 Å². The lowest BCUT2D eigenvalue weighted by atomic mass is 9.97. The van der Waals surface area contributed by atoms with E-state index in [1.54, 1.807) is 0 Å². The lowest BCUT2D eigenvalue weighted by Crippen LogP contribution is -2.30. The van der Waals surface area contributed by atoms with Crippen LogP contribution in [-0.2, 0) is 24.4 Å². The van der Waals surface area contributed by atoms with Crippen molar-refractivity contribution >= 4 is 5.91 Å². The summed E-state index contributed by atoms with van der Waals surface area (Å²) in [6.07, 6.45) is 4.13. The first-order valence-corrected chi connectivity index (χ1v) is 7.83. The van der Waals surface area contributed by atoms with Gasteiger partial charge in [-0.2, -0.15) is 0 Å². The smallest absolute Gasteiger partial charge is 0.223 e. The lowest BCUT2D eigenvalue weighted by molar-refractivity contribution is -0.125. The first-order chi connectivity index (χ1) is 9.74. The summed E-state index contributed by atoms with van der Waals surface area (Å²) < 4.78 is 0. The number of rotatable bonds is 7. The SMILES string of the molecule is CCCC(CCC)C(=O)NCc1ccc2c(c1)CNC2. The summed E-state index contributed by atoms with van der Waals surface area (Å²) in [6, 6.07) is 6.51. The van der Waals surface area contributed by atoms with Gasteiger partial charge in [0.05, 0.1) is 0 Å². The molecule has 0 atom stereocenters. The molecular weight excluding hydrogens is 248 g/mol. The summed E-state index contributed by atoms with van der Waals surface area (Å²) in [5, 5.41) is 6.44. The van der Waals surface area contributed by atoms with E-state index < -0.39 is 0 Å². The molecule has 1 amide bonds. The van der Waals surface area contributed by atoms with Crippen molar-refractivity contribution in [3.63, 3.8) is 0 Å². The van der Waals surface area contributed by atoms with Crippen LogP contribution in [0.3, 0.4) is 0 Å². The van der Waals surface area contributed by atoms with E-state index in [2.05, 4.69) is 42.7 Å². The van der Waals surface area contributed by atoms with E-state index >= 15 is 0 Å². The summed E-state index contributed by atoms with van der Waals surface area (Å²) in [7, 11) is 0. The van der Waals surface area contributed by atoms with E-state index in [9.17, 15) is 4.79 Å². The predicted molar refractivity (Wildman–Crippen MR) is 82.1 cm³/mol. The Hall–Kier alpha value is -1.35. The highest BCUT2D eigenvalue weighted by atomic mass is 16.1. The van der Waals surface area contributed by atoms with Crippen molar-refractivity contribution in [3.05, 3.63) is 34.9 Å². The Morgan fingerprint density at radius 2 is 1.90 bits per heavy atom. The summed E-state index contributed by atoms with van der Waals surface area (Å²) in [6.45, 7) is 6.85. The number of hydrogen-bond acceptors (Lipinski definition) is 2. The number of carbonyl (C=O) groups excluding carboxylic acids is 1. The van der Waals surface area contributed by atoms with Crippen LogP contribution in [0.2, 0.25) is 0 Å². The standard InChI is InChI=1S/C17H26N2O/c1-3-5-14(6-4-2)17(20)19-10-13-7-8-15-11-18-12-16(15)9-13/h7-9,14,18H,3-6,10-12H2,1-2H3,(H,19,20). The normalized spacial score (nSPS) is 13.6. The van der Waals surface area contributed by atoms with Crippen LogP contribution in [0.4, 0.5) is 0 Å². The second-order valence-corrected chi connectivity index (χ2v) is 5.70. The van der Waals surface area contributed by atoms with Crippen LogP contribution in [0.1, 0.15) is 56.2 Å². The minimum Gasteiger partial charge on any atom is -0.352 e. The molecule has 1 aliphatic heterocycles. The maximum absolute atomic E-state index is 12.2. The van der Waals surface area contributed by atoms with E-state index in [1.807, 2.05) is 0 Å². The van der Waals surface area contributed by atoms with E-state index in [0.717, 1.165) is 38.8 Å². The number of amides is 1. The van der Waals surface area contributed by atoms with Crippen LogP contribution in [0, 0.1) is 5.92 Å². The molecule has 1 aliphatic rings. The maximum atomic E-state index is 12.2. The number of carbonyl (C=O) groups is 1. The molecule has 3 heteroatoms. The van der Waals surface area contributed by atoms with Crippen LogP contribution in [0.25, 0.3) is 0 Å². The van der Waals surface area contributed by atoms with Gasteiger partial charge in [0, 0.05) is 25.6 Å². The average Bonchev–Trinajstić information content (AvgIpc) is 2.92. The van der Waals surface area contributed by atoms with Gasteiger partial charge in [-0.15, -0.1) is 0 Å². The van der Waals surface area contributed by atoms with Crippen molar-refractivity contribution in [3.8, 4) is 0 Å². The molecule has 0 saturated heterocycles. The van der Waals surface area contributed by atoms with Gasteiger partial charge in [-0.05, 0) is 29.5 Å². The maximum Gasteiger partial charge on any atom is 0.223 e. The Kier molecular flexibility index (Phi) is 5.60. The third-order valence-electron chi connectivity index (χ3n) is 4.01. The molecular formula is C17H26N2O. The van der Waals surface area contributed by atoms with E-state index in [1.165, 1.54) is 16.7 Å². The Balaban J connectivity index is 1.89. The number of benzene rings is 1. The number of hydrogen-bond donors (Lipinski definition) is 2. The van der Waals surface area contributed by atoms with E-state index in [0.29, 0.717) is 6.54 Å². The third kappa shape index (κ3) is 3.83. The van der Waals surface area contributed by atoms with Gasteiger partial charge in [0.15, 0.2) is 0 Å². The van der Waals surface area contributed by atoms with E-state index in [-0.39, 0.29) is 11.8 Å². The zero-order valence-electron chi connectivity index (χ0n) is 12.7. The fraction of sp³-hybridized carbons (Fsp3) is 0.588. The molecule has 0 radical (unpaired) electrons. The van der Waals surface area contributed by atoms with Crippen molar-refractivity contribution < 1.29 is 4.79 Å². The molecule has 110 valence electrons. The van der Waals surface area contributed by atoms with Gasteiger partial charge in [-0.1, -0.05) is 44.9 Å². The first kappa shape index (κ1) is 15.0. The quantitative estimate of drug-likeness (QED) is 0.802. The number of fused-ring (bicyclic) bond motifs is 1. The molecule has 0 bridgehead atoms. The Morgan fingerprint density at radius 1 is 1.20 bits per heavy atom. The zero-order chi connectivity index (χ0) is 14.4. The van der Waals surface area contributed by atoms with Crippen molar-refractivity contribution in [1.82, 2.24) is 10.6 Å². The topological polar surface area (TPSA) is 41.1 Å². The molecule has 0 fully saturated rings. The Morgan fingerprint density at radius 3 is 2.60 bits per heavy atom. The molecule has 1 aromatic rings. The van der Waals surface area contributed by atoms with Gasteiger partial charge in [0.1, 0.15) is 0 Å². The van der Waals surface area contributed by atoms with Crippen LogP contribution in [-0.4, -0.2) is 5.91 Å². The van der Waals surface area contributed by atoms with Crippen molar-refractivity contribution in [1.29, 1.82) is 0 Å². The van der Waals surface area contributed by atoms with Crippen LogP contribution in [0.5, 0.6) is 0 Å². The summed E-state index contributed by atoms with van der Waals surface area (Å²) >= 11 is 0. The largest absolute Gasteiger partial charge is 0.352 e. The van der Waals surface area contributed by atoms with Gasteiger partial charge in [-0.3, -0.25) is 4.79 Å². The van der Waals surface area contributed by atoms with Gasteiger partial charge >= 0.3 is 0 Å². The van der Waals surface area contributed by atoms with Gasteiger partial charge in [0.2, 0.25) is 5.91 Å². The summed E-state index contributed by atoms with van der Waals surface area (Å²) in [5.41, 5.74) is 3.96. The van der Waals surface area contributed by atoms with Gasteiger partial charge in [-0.25, -0.2) is 0 Å². The predicted octanol–water partition coefficient (Wildman–Crippen LogP) is 3.12. The van der Waals surface area contributed by atoms with Crippen LogP contribution >= 0.6 is 0 Å². The van der Waals surface area contributed by atoms with Crippen molar-refractivity contribution in [2.45, 2.75) is 59.2 Å². The molecule has 0 aliphatic carbocycles. The molecule has 3 nitrogen and oxygen atoms in total. The average molecular weight is 274 g/mol. The first-order valence-electron chi connectivity index (χ1n) is 7.83. The molecule has 1 aromatic carbocycles. The second-order valence-electron chi connectivity index (χ2n) is 5.70. The fourth-order valence-electron chi connectivity index (χ4n) is 2.90. The molecule has 1 heterocycles. The molecule has 0 saturated carbocycles. The Bertz CT molecular complexity index is 450. The minimum atomic E-state index is 0.182. The monoisotopic (exact) mass is 274 g/mol. The summed E-state index contributed by atoms with van der Waals surface area (Å²) in [5.74, 6) is 0.397. The van der Waals surface area contributed by atoms with E-state index in [4.69, 9.17) is 0 Å². The second kappa shape index (κ2) is 7.44. The molecule has 0 spiro atoms. The van der Waals surface area contributed by atoms with Gasteiger partial charge < -0.3 is 10.6 Å². The van der Waals surface area contributed by atoms with Crippen molar-refractivity contribution in [2.75, 3.05) is 0 Å². The zero-order valence-corrected chi connectivity index (χ0v) is 12.7. The van der Waals surface area contributed by atoms with Crippen molar-refractivity contribution in [2.24, 2.45) is 5.92 Å². The summed E-state index contributed by atoms with van der Waals surface area (Å²) in [4.78, 5) is 12.2. The Labute approximate surface area is 122 Å². The number of nitrogens with one attached hydrogen (secondary N) is 2. The lowest BCUT2D eigenvalue weighted by Gasteiger charge is -2.15. The van der Waals surface area contributed by atoms with Gasteiger partial charge in [0.25, 0.3) is 0 Å².